The summed E-state index contributed by atoms with van der Waals surface area (Å²) in [5.41, 5.74) is 4.24. The van der Waals surface area contributed by atoms with E-state index < -0.39 is 5.97 Å². The Morgan fingerprint density at radius 1 is 0.882 bits per heavy atom. The fourth-order valence-electron chi connectivity index (χ4n) is 3.92. The molecule has 178 valence electrons. The van der Waals surface area contributed by atoms with E-state index in [0.29, 0.717) is 31.1 Å². The predicted octanol–water partition coefficient (Wildman–Crippen LogP) is 5.94. The van der Waals surface area contributed by atoms with Crippen molar-refractivity contribution in [3.8, 4) is 0 Å². The summed E-state index contributed by atoms with van der Waals surface area (Å²) in [6.07, 6.45) is 1.07. The molecule has 5 heteroatoms. The summed E-state index contributed by atoms with van der Waals surface area (Å²) in [5.74, 6) is -0.682. The summed E-state index contributed by atoms with van der Waals surface area (Å²) >= 11 is 0. The first kappa shape index (κ1) is 25.2. The van der Waals surface area contributed by atoms with Gasteiger partial charge in [0.15, 0.2) is 0 Å². The van der Waals surface area contributed by atoms with Gasteiger partial charge in [-0.1, -0.05) is 86.6 Å². The van der Waals surface area contributed by atoms with Gasteiger partial charge in [-0.3, -0.25) is 9.59 Å². The van der Waals surface area contributed by atoms with Crippen LogP contribution < -0.4 is 5.32 Å². The molecule has 0 saturated heterocycles. The maximum atomic E-state index is 13.4. The fraction of sp³-hybridized carbons (Fsp3) is 0.310. The van der Waals surface area contributed by atoms with Crippen LogP contribution in [-0.4, -0.2) is 17.0 Å². The molecule has 0 aliphatic carbocycles. The highest BCUT2D eigenvalue weighted by Crippen LogP contribution is 2.23. The maximum Gasteiger partial charge on any atom is 0.303 e. The zero-order valence-electron chi connectivity index (χ0n) is 19.9. The van der Waals surface area contributed by atoms with Gasteiger partial charge in [-0.05, 0) is 47.1 Å². The second-order valence-electron chi connectivity index (χ2n) is 8.93. The lowest BCUT2D eigenvalue weighted by Gasteiger charge is -2.22. The van der Waals surface area contributed by atoms with Crippen LogP contribution in [0.25, 0.3) is 0 Å². The number of ether oxygens (including phenoxy) is 1. The lowest BCUT2D eigenvalue weighted by atomic mass is 9.95. The number of carboxylic acids is 1. The van der Waals surface area contributed by atoms with E-state index in [4.69, 9.17) is 9.84 Å². The van der Waals surface area contributed by atoms with Gasteiger partial charge in [0, 0.05) is 12.0 Å². The summed E-state index contributed by atoms with van der Waals surface area (Å²) in [4.78, 5) is 24.6. The summed E-state index contributed by atoms with van der Waals surface area (Å²) in [6.45, 7) is 5.10. The third-order valence-electron chi connectivity index (χ3n) is 5.62. The molecule has 0 aliphatic heterocycles. The molecule has 1 atom stereocenters. The number of aliphatic carboxylic acids is 1. The van der Waals surface area contributed by atoms with Crippen molar-refractivity contribution < 1.29 is 19.4 Å². The average molecular weight is 460 g/mol. The van der Waals surface area contributed by atoms with Crippen molar-refractivity contribution in [1.82, 2.24) is 5.32 Å². The first-order valence-corrected chi connectivity index (χ1v) is 11.7. The van der Waals surface area contributed by atoms with Gasteiger partial charge in [-0.25, -0.2) is 0 Å². The van der Waals surface area contributed by atoms with Gasteiger partial charge in [-0.15, -0.1) is 0 Å². The van der Waals surface area contributed by atoms with Crippen LogP contribution in [0.4, 0.5) is 0 Å². The fourth-order valence-corrected chi connectivity index (χ4v) is 3.92. The van der Waals surface area contributed by atoms with E-state index in [1.54, 1.807) is 0 Å². The quantitative estimate of drug-likeness (QED) is 0.352. The monoisotopic (exact) mass is 459 g/mol. The second kappa shape index (κ2) is 12.7. The van der Waals surface area contributed by atoms with E-state index >= 15 is 0 Å². The molecule has 0 spiro atoms. The molecule has 5 nitrogen and oxygen atoms in total. The molecule has 0 aromatic heterocycles. The van der Waals surface area contributed by atoms with Gasteiger partial charge in [-0.2, -0.15) is 0 Å². The van der Waals surface area contributed by atoms with Crippen LogP contribution in [0, 0.1) is 5.92 Å². The molecule has 0 saturated carbocycles. The summed E-state index contributed by atoms with van der Waals surface area (Å²) in [7, 11) is 0. The molecule has 34 heavy (non-hydrogen) atoms. The number of carbonyl (C=O) groups excluding carboxylic acids is 1. The molecule has 1 unspecified atom stereocenters. The molecule has 0 radical (unpaired) electrons. The van der Waals surface area contributed by atoms with Gasteiger partial charge < -0.3 is 15.2 Å². The third kappa shape index (κ3) is 7.85. The van der Waals surface area contributed by atoms with Gasteiger partial charge in [0.2, 0.25) is 0 Å². The van der Waals surface area contributed by atoms with E-state index in [2.05, 4.69) is 19.2 Å². The third-order valence-corrected chi connectivity index (χ3v) is 5.62. The average Bonchev–Trinajstić information content (AvgIpc) is 2.83. The number of rotatable bonds is 12. The number of hydrogen-bond donors (Lipinski definition) is 2. The van der Waals surface area contributed by atoms with Crippen molar-refractivity contribution in [2.45, 2.75) is 52.4 Å². The van der Waals surface area contributed by atoms with E-state index in [0.717, 1.165) is 28.7 Å². The predicted molar refractivity (Wildman–Crippen MR) is 133 cm³/mol. The number of amides is 1. The minimum Gasteiger partial charge on any atom is -0.481 e. The molecule has 2 N–H and O–H groups in total. The number of carbonyl (C=O) groups is 2. The van der Waals surface area contributed by atoms with Crippen molar-refractivity contribution in [3.05, 3.63) is 107 Å². The van der Waals surface area contributed by atoms with E-state index in [9.17, 15) is 9.59 Å². The van der Waals surface area contributed by atoms with Crippen molar-refractivity contribution in [2.75, 3.05) is 0 Å². The highest BCUT2D eigenvalue weighted by Gasteiger charge is 2.20. The topological polar surface area (TPSA) is 75.6 Å². The molecular formula is C29H33NO4. The van der Waals surface area contributed by atoms with E-state index in [1.807, 2.05) is 78.9 Å². The molecule has 3 rings (SSSR count). The Labute approximate surface area is 201 Å². The second-order valence-corrected chi connectivity index (χ2v) is 8.93. The number of benzene rings is 3. The van der Waals surface area contributed by atoms with Crippen LogP contribution >= 0.6 is 0 Å². The zero-order chi connectivity index (χ0) is 24.3. The standard InChI is InChI=1S/C29H33NO4/c1-21(2)17-27(25-11-7-4-8-12-25)30-29(33)26-18-23(13-14-24(26)15-16-28(31)32)20-34-19-22-9-5-3-6-10-22/h3-14,18,21,27H,15-17,19-20H2,1-2H3,(H,30,33)(H,31,32). The smallest absolute Gasteiger partial charge is 0.303 e. The molecule has 3 aromatic carbocycles. The van der Waals surface area contributed by atoms with Gasteiger partial charge in [0.1, 0.15) is 0 Å². The van der Waals surface area contributed by atoms with Gasteiger partial charge in [0.05, 0.1) is 19.3 Å². The number of hydrogen-bond acceptors (Lipinski definition) is 3. The SMILES string of the molecule is CC(C)CC(NC(=O)c1cc(COCc2ccccc2)ccc1CCC(=O)O)c1ccccc1. The maximum absolute atomic E-state index is 13.4. The Bertz CT molecular complexity index is 1060. The van der Waals surface area contributed by atoms with Gasteiger partial charge >= 0.3 is 5.97 Å². The molecule has 3 aromatic rings. The largest absolute Gasteiger partial charge is 0.481 e. The Kier molecular flexibility index (Phi) is 9.41. The van der Waals surface area contributed by atoms with E-state index in [1.165, 1.54) is 0 Å². The molecule has 0 bridgehead atoms. The Morgan fingerprint density at radius 2 is 1.53 bits per heavy atom. The zero-order valence-corrected chi connectivity index (χ0v) is 19.9. The highest BCUT2D eigenvalue weighted by atomic mass is 16.5. The number of aryl methyl sites for hydroxylation is 1. The van der Waals surface area contributed by atoms with Crippen LogP contribution in [-0.2, 0) is 29.2 Å². The molecule has 1 amide bonds. The normalized spacial score (nSPS) is 11.9. The first-order chi connectivity index (χ1) is 16.4. The van der Waals surface area contributed by atoms with Crippen molar-refractivity contribution >= 4 is 11.9 Å². The Morgan fingerprint density at radius 3 is 2.18 bits per heavy atom. The van der Waals surface area contributed by atoms with Gasteiger partial charge in [0.25, 0.3) is 5.91 Å². The van der Waals surface area contributed by atoms with Crippen molar-refractivity contribution in [1.29, 1.82) is 0 Å². The lowest BCUT2D eigenvalue weighted by Crippen LogP contribution is -2.30. The van der Waals surface area contributed by atoms with Crippen molar-refractivity contribution in [2.24, 2.45) is 5.92 Å². The van der Waals surface area contributed by atoms with Crippen molar-refractivity contribution in [3.63, 3.8) is 0 Å². The van der Waals surface area contributed by atoms with Crippen LogP contribution in [0.15, 0.2) is 78.9 Å². The summed E-state index contributed by atoms with van der Waals surface area (Å²) in [6, 6.07) is 25.3. The van der Waals surface area contributed by atoms with Crippen LogP contribution in [0.1, 0.15) is 65.3 Å². The minimum absolute atomic E-state index is 0.0295. The minimum atomic E-state index is -0.886. The highest BCUT2D eigenvalue weighted by molar-refractivity contribution is 5.96. The Balaban J connectivity index is 1.79. The number of nitrogens with one attached hydrogen (secondary N) is 1. The molecule has 0 heterocycles. The van der Waals surface area contributed by atoms with Crippen LogP contribution in [0.3, 0.4) is 0 Å². The number of carboxylic acid groups (broad SMARTS) is 1. The lowest BCUT2D eigenvalue weighted by molar-refractivity contribution is -0.136. The molecular weight excluding hydrogens is 426 g/mol. The Hall–Kier alpha value is -3.44. The van der Waals surface area contributed by atoms with Crippen LogP contribution in [0.2, 0.25) is 0 Å². The molecule has 0 fully saturated rings. The first-order valence-electron chi connectivity index (χ1n) is 11.7. The molecule has 0 aliphatic rings. The summed E-state index contributed by atoms with van der Waals surface area (Å²) < 4.78 is 5.86. The summed E-state index contributed by atoms with van der Waals surface area (Å²) in [5, 5.41) is 12.3. The van der Waals surface area contributed by atoms with Crippen LogP contribution in [0.5, 0.6) is 0 Å². The van der Waals surface area contributed by atoms with E-state index in [-0.39, 0.29) is 18.4 Å².